The number of benzene rings is 1. The molecule has 0 saturated carbocycles. The van der Waals surface area contributed by atoms with Crippen LogP contribution in [0.3, 0.4) is 0 Å². The van der Waals surface area contributed by atoms with Gasteiger partial charge in [0.15, 0.2) is 11.4 Å². The number of nitrogens with one attached hydrogen (secondary N) is 1. The van der Waals surface area contributed by atoms with Crippen molar-refractivity contribution in [3.63, 3.8) is 0 Å². The van der Waals surface area contributed by atoms with E-state index in [4.69, 9.17) is 14.5 Å². The molecule has 200 valence electrons. The summed E-state index contributed by atoms with van der Waals surface area (Å²) in [5.41, 5.74) is 2.67. The van der Waals surface area contributed by atoms with Crippen molar-refractivity contribution in [2.45, 2.75) is 78.7 Å². The van der Waals surface area contributed by atoms with Gasteiger partial charge < -0.3 is 19.7 Å². The number of pyridine rings is 1. The predicted molar refractivity (Wildman–Crippen MR) is 138 cm³/mol. The molecule has 9 heteroatoms. The van der Waals surface area contributed by atoms with Crippen LogP contribution >= 0.6 is 0 Å². The van der Waals surface area contributed by atoms with Crippen molar-refractivity contribution in [3.8, 4) is 5.75 Å². The zero-order valence-corrected chi connectivity index (χ0v) is 22.2. The van der Waals surface area contributed by atoms with Gasteiger partial charge in [-0.3, -0.25) is 4.40 Å². The van der Waals surface area contributed by atoms with E-state index in [9.17, 15) is 13.6 Å². The van der Waals surface area contributed by atoms with Crippen molar-refractivity contribution >= 4 is 11.7 Å². The Morgan fingerprint density at radius 1 is 1.19 bits per heavy atom. The van der Waals surface area contributed by atoms with Crippen molar-refractivity contribution in [1.82, 2.24) is 19.6 Å². The largest absolute Gasteiger partial charge is 0.485 e. The predicted octanol–water partition coefficient (Wildman–Crippen LogP) is 5.69. The number of imidazole rings is 1. The van der Waals surface area contributed by atoms with Crippen LogP contribution in [-0.2, 0) is 17.9 Å². The lowest BCUT2D eigenvalue weighted by molar-refractivity contribution is 0.0243. The lowest BCUT2D eigenvalue weighted by Gasteiger charge is -2.28. The Balaban J connectivity index is 1.50. The number of hydrogen-bond donors (Lipinski definition) is 1. The Morgan fingerprint density at radius 3 is 2.62 bits per heavy atom. The van der Waals surface area contributed by atoms with Crippen molar-refractivity contribution in [2.75, 3.05) is 13.1 Å². The zero-order chi connectivity index (χ0) is 26.7. The summed E-state index contributed by atoms with van der Waals surface area (Å²) in [5.74, 6) is -0.823. The molecule has 1 aliphatic rings. The monoisotopic (exact) mass is 514 g/mol. The summed E-state index contributed by atoms with van der Waals surface area (Å²) in [4.78, 5) is 19.1. The molecule has 1 aliphatic heterocycles. The molecular weight excluding hydrogens is 478 g/mol. The van der Waals surface area contributed by atoms with E-state index in [2.05, 4.69) is 5.32 Å². The minimum absolute atomic E-state index is 0.115. The fourth-order valence-corrected chi connectivity index (χ4v) is 4.59. The quantitative estimate of drug-likeness (QED) is 0.458. The first-order chi connectivity index (χ1) is 17.5. The number of carbonyl (C=O) groups excluding carboxylic acids is 1. The molecule has 0 bridgehead atoms. The maximum absolute atomic E-state index is 14.1. The van der Waals surface area contributed by atoms with Crippen molar-refractivity contribution < 1.29 is 23.0 Å². The maximum atomic E-state index is 14.1. The number of nitrogens with zero attached hydrogens (tertiary/aromatic N) is 3. The lowest BCUT2D eigenvalue weighted by atomic mass is 10.1. The van der Waals surface area contributed by atoms with Crippen LogP contribution in [0, 0.1) is 25.5 Å². The number of carbonyl (C=O) groups is 1. The van der Waals surface area contributed by atoms with Crippen LogP contribution in [0.15, 0.2) is 30.5 Å². The zero-order valence-electron chi connectivity index (χ0n) is 22.2. The van der Waals surface area contributed by atoms with Gasteiger partial charge in [0.1, 0.15) is 23.8 Å². The number of aromatic nitrogens is 2. The fraction of sp³-hybridized carbons (Fsp3) is 0.500. The Hall–Kier alpha value is -3.20. The molecule has 1 saturated heterocycles. The fourth-order valence-electron chi connectivity index (χ4n) is 4.59. The molecule has 2 aromatic heterocycles. The second kappa shape index (κ2) is 11.0. The van der Waals surface area contributed by atoms with Crippen molar-refractivity contribution in [3.05, 3.63) is 64.6 Å². The van der Waals surface area contributed by atoms with Gasteiger partial charge in [-0.1, -0.05) is 12.5 Å². The first kappa shape index (κ1) is 26.9. The van der Waals surface area contributed by atoms with Crippen LogP contribution in [0.1, 0.15) is 62.5 Å². The Bertz CT molecular complexity index is 1250. The number of halogens is 2. The highest BCUT2D eigenvalue weighted by atomic mass is 19.1. The molecule has 1 aromatic carbocycles. The van der Waals surface area contributed by atoms with Crippen LogP contribution in [0.25, 0.3) is 5.65 Å². The summed E-state index contributed by atoms with van der Waals surface area (Å²) in [5, 5.41) is 3.61. The van der Waals surface area contributed by atoms with E-state index in [1.807, 2.05) is 51.3 Å². The molecule has 1 N–H and O–H groups in total. The molecule has 1 unspecified atom stereocenters. The first-order valence-corrected chi connectivity index (χ1v) is 12.8. The lowest BCUT2D eigenvalue weighted by Crippen LogP contribution is -2.44. The summed E-state index contributed by atoms with van der Waals surface area (Å²) >= 11 is 0. The Labute approximate surface area is 216 Å². The third-order valence-corrected chi connectivity index (χ3v) is 6.44. The highest BCUT2D eigenvalue weighted by Gasteiger charge is 2.26. The van der Waals surface area contributed by atoms with E-state index in [-0.39, 0.29) is 24.3 Å². The number of ether oxygens (including phenoxy) is 2. The summed E-state index contributed by atoms with van der Waals surface area (Å²) in [7, 11) is 0. The average Bonchev–Trinajstić information content (AvgIpc) is 2.96. The molecule has 1 fully saturated rings. The highest BCUT2D eigenvalue weighted by Crippen LogP contribution is 2.26. The molecule has 4 rings (SSSR count). The standard InChI is InChI=1S/C28H36F2N4O3/c1-18-13-25(36-17-21-22(29)10-8-11-23(21)30)26-32-19(2)24(34(26)15-18)14-31-20-9-6-7-12-33(16-20)27(35)37-28(3,4)5/h8,10-11,13,15,20,31H,6-7,9,12,14,16-17H2,1-5H3. The molecular formula is C28H36F2N4O3. The third kappa shape index (κ3) is 6.57. The van der Waals surface area contributed by atoms with Gasteiger partial charge in [0.05, 0.1) is 17.0 Å². The van der Waals surface area contributed by atoms with Gasteiger partial charge in [0.25, 0.3) is 0 Å². The smallest absolute Gasteiger partial charge is 0.410 e. The Kier molecular flexibility index (Phi) is 8.02. The minimum Gasteiger partial charge on any atom is -0.485 e. The van der Waals surface area contributed by atoms with Crippen LogP contribution in [-0.4, -0.2) is 45.1 Å². The van der Waals surface area contributed by atoms with E-state index < -0.39 is 17.2 Å². The molecule has 3 aromatic rings. The van der Waals surface area contributed by atoms with Gasteiger partial charge in [-0.2, -0.15) is 0 Å². The van der Waals surface area contributed by atoms with Gasteiger partial charge >= 0.3 is 6.09 Å². The summed E-state index contributed by atoms with van der Waals surface area (Å²) in [6, 6.07) is 5.70. The van der Waals surface area contributed by atoms with Gasteiger partial charge in [0, 0.05) is 31.9 Å². The first-order valence-electron chi connectivity index (χ1n) is 12.8. The van der Waals surface area contributed by atoms with Gasteiger partial charge in [-0.05, 0) is 71.2 Å². The van der Waals surface area contributed by atoms with Crippen molar-refractivity contribution in [1.29, 1.82) is 0 Å². The molecule has 7 nitrogen and oxygen atoms in total. The number of amides is 1. The molecule has 0 aliphatic carbocycles. The molecule has 1 atom stereocenters. The normalized spacial score (nSPS) is 16.6. The summed E-state index contributed by atoms with van der Waals surface area (Å²) < 4.78 is 41.6. The topological polar surface area (TPSA) is 68.1 Å². The van der Waals surface area contributed by atoms with Crippen LogP contribution in [0.2, 0.25) is 0 Å². The van der Waals surface area contributed by atoms with Gasteiger partial charge in [0.2, 0.25) is 0 Å². The number of aryl methyl sites for hydroxylation is 2. The number of rotatable bonds is 6. The molecule has 1 amide bonds. The van der Waals surface area contributed by atoms with E-state index >= 15 is 0 Å². The third-order valence-electron chi connectivity index (χ3n) is 6.44. The molecule has 0 radical (unpaired) electrons. The molecule has 3 heterocycles. The van der Waals surface area contributed by atoms with Gasteiger partial charge in [-0.25, -0.2) is 18.6 Å². The van der Waals surface area contributed by atoms with Crippen LogP contribution in [0.4, 0.5) is 13.6 Å². The minimum atomic E-state index is -0.642. The van der Waals surface area contributed by atoms with Crippen LogP contribution < -0.4 is 10.1 Å². The van der Waals surface area contributed by atoms with E-state index in [1.54, 1.807) is 4.90 Å². The number of hydrogen-bond acceptors (Lipinski definition) is 5. The highest BCUT2D eigenvalue weighted by molar-refractivity contribution is 5.68. The maximum Gasteiger partial charge on any atom is 0.410 e. The summed E-state index contributed by atoms with van der Waals surface area (Å²) in [6.45, 7) is 11.1. The summed E-state index contributed by atoms with van der Waals surface area (Å²) in [6.07, 6.45) is 4.61. The van der Waals surface area contributed by atoms with Gasteiger partial charge in [-0.15, -0.1) is 0 Å². The average molecular weight is 515 g/mol. The molecule has 0 spiro atoms. The number of fused-ring (bicyclic) bond motifs is 1. The number of likely N-dealkylation sites (tertiary alicyclic amines) is 1. The Morgan fingerprint density at radius 2 is 1.92 bits per heavy atom. The van der Waals surface area contributed by atoms with E-state index in [1.165, 1.54) is 18.2 Å². The van der Waals surface area contributed by atoms with E-state index in [0.29, 0.717) is 31.0 Å². The SMILES string of the molecule is Cc1cc(OCc2c(F)cccc2F)c2nc(C)c(CNC3CCCCN(C(=O)OC(C)(C)C)C3)n2c1. The van der Waals surface area contributed by atoms with Crippen molar-refractivity contribution in [2.24, 2.45) is 0 Å². The second-order valence-electron chi connectivity index (χ2n) is 10.7. The van der Waals surface area contributed by atoms with E-state index in [0.717, 1.165) is 36.2 Å². The van der Waals surface area contributed by atoms with Crippen LogP contribution in [0.5, 0.6) is 5.75 Å². The second-order valence-corrected chi connectivity index (χ2v) is 10.7. The molecule has 37 heavy (non-hydrogen) atoms.